The van der Waals surface area contributed by atoms with Crippen LogP contribution in [-0.4, -0.2) is 22.2 Å². The molecule has 1 atom stereocenters. The van der Waals surface area contributed by atoms with E-state index in [9.17, 15) is 4.79 Å². The molecule has 1 amide bonds. The quantitative estimate of drug-likeness (QED) is 0.827. The van der Waals surface area contributed by atoms with Gasteiger partial charge in [-0.25, -0.2) is 0 Å². The minimum absolute atomic E-state index is 0.138. The third-order valence-electron chi connectivity index (χ3n) is 3.04. The first-order chi connectivity index (χ1) is 7.58. The van der Waals surface area contributed by atoms with Crippen molar-refractivity contribution in [3.63, 3.8) is 0 Å². The molecule has 88 valence electrons. The molecule has 0 bridgehead atoms. The molecule has 16 heavy (non-hydrogen) atoms. The molecular formula is C12H19N3O. The fourth-order valence-electron chi connectivity index (χ4n) is 2.24. The molecule has 1 aliphatic rings. The first-order valence-corrected chi connectivity index (χ1v) is 5.90. The monoisotopic (exact) mass is 221 g/mol. The maximum Gasteiger partial charge on any atom is 0.222 e. The Balaban J connectivity index is 2.28. The Morgan fingerprint density at radius 1 is 1.56 bits per heavy atom. The van der Waals surface area contributed by atoms with Crippen LogP contribution in [0.15, 0.2) is 6.07 Å². The summed E-state index contributed by atoms with van der Waals surface area (Å²) in [5.41, 5.74) is 2.27. The van der Waals surface area contributed by atoms with E-state index in [2.05, 4.69) is 35.0 Å². The largest absolute Gasteiger partial charge is 0.356 e. The molecule has 1 aromatic rings. The predicted octanol–water partition coefficient (Wildman–Crippen LogP) is 1.77. The summed E-state index contributed by atoms with van der Waals surface area (Å²) in [6, 6.07) is 2.36. The molecule has 0 aromatic carbocycles. The maximum atomic E-state index is 11.4. The van der Waals surface area contributed by atoms with Crippen molar-refractivity contribution in [2.24, 2.45) is 0 Å². The lowest BCUT2D eigenvalue weighted by atomic mass is 10.0. The van der Waals surface area contributed by atoms with E-state index in [0.29, 0.717) is 12.3 Å². The summed E-state index contributed by atoms with van der Waals surface area (Å²) in [6.45, 7) is 7.09. The molecule has 2 rings (SSSR count). The van der Waals surface area contributed by atoms with Gasteiger partial charge in [-0.3, -0.25) is 9.48 Å². The van der Waals surface area contributed by atoms with Gasteiger partial charge in [-0.05, 0) is 25.3 Å². The average Bonchev–Trinajstić information content (AvgIpc) is 2.60. The number of hydrogen-bond acceptors (Lipinski definition) is 2. The van der Waals surface area contributed by atoms with E-state index < -0.39 is 0 Å². The Morgan fingerprint density at radius 2 is 2.31 bits per heavy atom. The highest BCUT2D eigenvalue weighted by molar-refractivity contribution is 5.77. The lowest BCUT2D eigenvalue weighted by Crippen LogP contribution is -2.35. The molecule has 0 aliphatic carbocycles. The first-order valence-electron chi connectivity index (χ1n) is 5.90. The van der Waals surface area contributed by atoms with Gasteiger partial charge in [-0.1, -0.05) is 13.8 Å². The second-order valence-corrected chi connectivity index (χ2v) is 4.81. The van der Waals surface area contributed by atoms with Crippen molar-refractivity contribution in [3.8, 4) is 0 Å². The molecule has 0 saturated carbocycles. The minimum atomic E-state index is 0.138. The van der Waals surface area contributed by atoms with Crippen molar-refractivity contribution in [1.29, 1.82) is 0 Å². The molecule has 2 heterocycles. The zero-order valence-electron chi connectivity index (χ0n) is 10.2. The molecule has 1 saturated heterocycles. The average molecular weight is 221 g/mol. The zero-order valence-corrected chi connectivity index (χ0v) is 10.2. The standard InChI is InChI=1S/C12H19N3O/c1-8(2)11-6-9(3)14-15(11)10-4-5-13-12(16)7-10/h6,8,10H,4-5,7H2,1-3H3,(H,13,16). The van der Waals surface area contributed by atoms with Gasteiger partial charge >= 0.3 is 0 Å². The molecule has 4 heteroatoms. The Labute approximate surface area is 96.0 Å². The van der Waals surface area contributed by atoms with Crippen molar-refractivity contribution in [3.05, 3.63) is 17.5 Å². The van der Waals surface area contributed by atoms with Crippen molar-refractivity contribution in [1.82, 2.24) is 15.1 Å². The summed E-state index contributed by atoms with van der Waals surface area (Å²) in [5, 5.41) is 7.38. The first kappa shape index (κ1) is 11.2. The fourth-order valence-corrected chi connectivity index (χ4v) is 2.24. The predicted molar refractivity (Wildman–Crippen MR) is 62.3 cm³/mol. The molecule has 0 radical (unpaired) electrons. The Morgan fingerprint density at radius 3 is 2.94 bits per heavy atom. The van der Waals surface area contributed by atoms with Crippen LogP contribution in [0.5, 0.6) is 0 Å². The smallest absolute Gasteiger partial charge is 0.222 e. The number of aromatic nitrogens is 2. The number of aryl methyl sites for hydroxylation is 1. The van der Waals surface area contributed by atoms with Gasteiger partial charge in [0.05, 0.1) is 11.7 Å². The van der Waals surface area contributed by atoms with Crippen LogP contribution in [0.2, 0.25) is 0 Å². The SMILES string of the molecule is Cc1cc(C(C)C)n(C2CCNC(=O)C2)n1. The van der Waals surface area contributed by atoms with Crippen LogP contribution in [0.1, 0.15) is 50.0 Å². The van der Waals surface area contributed by atoms with E-state index in [1.165, 1.54) is 5.69 Å². The summed E-state index contributed by atoms with van der Waals surface area (Å²) >= 11 is 0. The van der Waals surface area contributed by atoms with E-state index in [1.807, 2.05) is 6.92 Å². The molecule has 1 aliphatic heterocycles. The molecule has 1 unspecified atom stereocenters. The van der Waals surface area contributed by atoms with Gasteiger partial charge in [-0.2, -0.15) is 5.10 Å². The third kappa shape index (κ3) is 2.10. The number of nitrogens with zero attached hydrogens (tertiary/aromatic N) is 2. The number of hydrogen-bond donors (Lipinski definition) is 1. The fraction of sp³-hybridized carbons (Fsp3) is 0.667. The number of piperidine rings is 1. The zero-order chi connectivity index (χ0) is 11.7. The van der Waals surface area contributed by atoms with E-state index in [1.54, 1.807) is 0 Å². The van der Waals surface area contributed by atoms with Crippen LogP contribution in [0.3, 0.4) is 0 Å². The van der Waals surface area contributed by atoms with Gasteiger partial charge in [0.1, 0.15) is 0 Å². The van der Waals surface area contributed by atoms with Crippen LogP contribution >= 0.6 is 0 Å². The van der Waals surface area contributed by atoms with Gasteiger partial charge in [-0.15, -0.1) is 0 Å². The lowest BCUT2D eigenvalue weighted by Gasteiger charge is -2.25. The van der Waals surface area contributed by atoms with E-state index in [-0.39, 0.29) is 11.9 Å². The van der Waals surface area contributed by atoms with Crippen LogP contribution in [0.25, 0.3) is 0 Å². The Kier molecular flexibility index (Phi) is 2.99. The van der Waals surface area contributed by atoms with Gasteiger partial charge < -0.3 is 5.32 Å². The summed E-state index contributed by atoms with van der Waals surface area (Å²) in [4.78, 5) is 11.4. The lowest BCUT2D eigenvalue weighted by molar-refractivity contribution is -0.123. The number of nitrogens with one attached hydrogen (secondary N) is 1. The van der Waals surface area contributed by atoms with Gasteiger partial charge in [0.25, 0.3) is 0 Å². The topological polar surface area (TPSA) is 46.9 Å². The molecule has 1 fully saturated rings. The second kappa shape index (κ2) is 4.28. The van der Waals surface area contributed by atoms with Crippen LogP contribution in [-0.2, 0) is 4.79 Å². The van der Waals surface area contributed by atoms with Crippen LogP contribution in [0, 0.1) is 6.92 Å². The van der Waals surface area contributed by atoms with E-state index in [4.69, 9.17) is 0 Å². The van der Waals surface area contributed by atoms with Crippen molar-refractivity contribution >= 4 is 5.91 Å². The van der Waals surface area contributed by atoms with Crippen molar-refractivity contribution in [2.45, 2.75) is 45.6 Å². The summed E-state index contributed by atoms with van der Waals surface area (Å²) in [5.74, 6) is 0.588. The molecule has 4 nitrogen and oxygen atoms in total. The van der Waals surface area contributed by atoms with E-state index in [0.717, 1.165) is 18.7 Å². The van der Waals surface area contributed by atoms with Gasteiger partial charge in [0, 0.05) is 18.7 Å². The van der Waals surface area contributed by atoms with Gasteiger partial charge in [0.2, 0.25) is 5.91 Å². The van der Waals surface area contributed by atoms with Crippen molar-refractivity contribution < 1.29 is 4.79 Å². The maximum absolute atomic E-state index is 11.4. The molecule has 1 aromatic heterocycles. The number of carbonyl (C=O) groups is 1. The summed E-state index contributed by atoms with van der Waals surface area (Å²) in [6.07, 6.45) is 1.54. The number of amides is 1. The summed E-state index contributed by atoms with van der Waals surface area (Å²) < 4.78 is 2.05. The highest BCUT2D eigenvalue weighted by Gasteiger charge is 2.24. The number of carbonyl (C=O) groups excluding carboxylic acids is 1. The number of rotatable bonds is 2. The highest BCUT2D eigenvalue weighted by Crippen LogP contribution is 2.25. The normalized spacial score (nSPS) is 21.2. The third-order valence-corrected chi connectivity index (χ3v) is 3.04. The van der Waals surface area contributed by atoms with Gasteiger partial charge in [0.15, 0.2) is 0 Å². The molecule has 0 spiro atoms. The second-order valence-electron chi connectivity index (χ2n) is 4.81. The van der Waals surface area contributed by atoms with E-state index >= 15 is 0 Å². The van der Waals surface area contributed by atoms with Crippen molar-refractivity contribution in [2.75, 3.05) is 6.54 Å². The summed E-state index contributed by atoms with van der Waals surface area (Å²) in [7, 11) is 0. The van der Waals surface area contributed by atoms with Crippen LogP contribution < -0.4 is 5.32 Å². The molecule has 1 N–H and O–H groups in total. The highest BCUT2D eigenvalue weighted by atomic mass is 16.1. The van der Waals surface area contributed by atoms with Crippen LogP contribution in [0.4, 0.5) is 0 Å². The Bertz CT molecular complexity index is 395. The Hall–Kier alpha value is -1.32. The minimum Gasteiger partial charge on any atom is -0.356 e. The molecular weight excluding hydrogens is 202 g/mol.